The van der Waals surface area contributed by atoms with Gasteiger partial charge in [-0.25, -0.2) is 4.98 Å². The lowest BCUT2D eigenvalue weighted by Gasteiger charge is -2.31. The minimum atomic E-state index is -0.0401. The van der Waals surface area contributed by atoms with E-state index < -0.39 is 0 Å². The van der Waals surface area contributed by atoms with Gasteiger partial charge in [0, 0.05) is 31.8 Å². The maximum Gasteiger partial charge on any atom is 0.227 e. The molecule has 3 heterocycles. The van der Waals surface area contributed by atoms with E-state index in [2.05, 4.69) is 23.0 Å². The van der Waals surface area contributed by atoms with Crippen LogP contribution in [0.15, 0.2) is 18.3 Å². The van der Waals surface area contributed by atoms with Gasteiger partial charge < -0.3 is 14.5 Å². The summed E-state index contributed by atoms with van der Waals surface area (Å²) in [6.07, 6.45) is 4.42. The molecule has 0 radical (unpaired) electrons. The quantitative estimate of drug-likeness (QED) is 0.840. The molecule has 122 valence electrons. The van der Waals surface area contributed by atoms with Crippen LogP contribution in [-0.2, 0) is 4.79 Å². The molecule has 0 aliphatic carbocycles. The highest BCUT2D eigenvalue weighted by molar-refractivity contribution is 5.79. The van der Waals surface area contributed by atoms with Crippen LogP contribution >= 0.6 is 0 Å². The first-order chi connectivity index (χ1) is 11.2. The molecule has 2 aliphatic rings. The summed E-state index contributed by atoms with van der Waals surface area (Å²) in [4.78, 5) is 20.9. The number of ether oxygens (including phenoxy) is 1. The Hall–Kier alpha value is -2.13. The van der Waals surface area contributed by atoms with Gasteiger partial charge in [0.05, 0.1) is 24.1 Å². The molecule has 6 nitrogen and oxygen atoms in total. The van der Waals surface area contributed by atoms with Crippen molar-refractivity contribution in [2.24, 2.45) is 5.92 Å². The van der Waals surface area contributed by atoms with Gasteiger partial charge in [0.2, 0.25) is 11.8 Å². The van der Waals surface area contributed by atoms with Crippen LogP contribution in [0.2, 0.25) is 0 Å². The summed E-state index contributed by atoms with van der Waals surface area (Å²) in [6.45, 7) is 3.28. The zero-order valence-electron chi connectivity index (χ0n) is 13.4. The standard InChI is InChI=1S/C17H22N4O2/c1-20-7-2-3-14(11-20)17(22)21-8-5-15(12-21)23-16-9-13(10-18)4-6-19-16/h4,6,9,14-15H,2-3,5,7-8,11-12H2,1H3. The van der Waals surface area contributed by atoms with Crippen LogP contribution in [0.4, 0.5) is 0 Å². The molecule has 0 aromatic carbocycles. The molecule has 3 rings (SSSR count). The van der Waals surface area contributed by atoms with Crippen molar-refractivity contribution in [3.63, 3.8) is 0 Å². The minimum Gasteiger partial charge on any atom is -0.472 e. The molecule has 0 spiro atoms. The number of carbonyl (C=O) groups excluding carboxylic acids is 1. The van der Waals surface area contributed by atoms with E-state index >= 15 is 0 Å². The summed E-state index contributed by atoms with van der Waals surface area (Å²) < 4.78 is 5.84. The third kappa shape index (κ3) is 3.80. The molecular formula is C17H22N4O2. The Morgan fingerprint density at radius 1 is 1.39 bits per heavy atom. The van der Waals surface area contributed by atoms with E-state index in [1.165, 1.54) is 0 Å². The lowest BCUT2D eigenvalue weighted by molar-refractivity contribution is -0.136. The molecule has 1 amide bonds. The highest BCUT2D eigenvalue weighted by Crippen LogP contribution is 2.22. The largest absolute Gasteiger partial charge is 0.472 e. The monoisotopic (exact) mass is 314 g/mol. The summed E-state index contributed by atoms with van der Waals surface area (Å²) in [5, 5.41) is 8.91. The Kier molecular flexibility index (Phi) is 4.77. The van der Waals surface area contributed by atoms with E-state index in [-0.39, 0.29) is 17.9 Å². The topological polar surface area (TPSA) is 69.5 Å². The second kappa shape index (κ2) is 6.97. The Labute approximate surface area is 136 Å². The van der Waals surface area contributed by atoms with Crippen molar-refractivity contribution < 1.29 is 9.53 Å². The second-order valence-electron chi connectivity index (χ2n) is 6.41. The zero-order valence-corrected chi connectivity index (χ0v) is 13.4. The number of pyridine rings is 1. The molecule has 1 aromatic rings. The smallest absolute Gasteiger partial charge is 0.227 e. The number of rotatable bonds is 3. The number of hydrogen-bond donors (Lipinski definition) is 0. The van der Waals surface area contributed by atoms with E-state index in [0.29, 0.717) is 18.0 Å². The number of aromatic nitrogens is 1. The van der Waals surface area contributed by atoms with Crippen LogP contribution in [0.25, 0.3) is 0 Å². The highest BCUT2D eigenvalue weighted by atomic mass is 16.5. The summed E-state index contributed by atoms with van der Waals surface area (Å²) in [6, 6.07) is 5.37. The average Bonchev–Trinajstić information content (AvgIpc) is 3.03. The zero-order chi connectivity index (χ0) is 16.2. The average molecular weight is 314 g/mol. The lowest BCUT2D eigenvalue weighted by atomic mass is 9.97. The molecule has 0 N–H and O–H groups in total. The fraction of sp³-hybridized carbons (Fsp3) is 0.588. The van der Waals surface area contributed by atoms with E-state index in [9.17, 15) is 4.79 Å². The Morgan fingerprint density at radius 3 is 3.04 bits per heavy atom. The molecule has 1 aromatic heterocycles. The Morgan fingerprint density at radius 2 is 2.26 bits per heavy atom. The van der Waals surface area contributed by atoms with Crippen molar-refractivity contribution in [1.29, 1.82) is 5.26 Å². The first kappa shape index (κ1) is 15.8. The number of likely N-dealkylation sites (tertiary alicyclic amines) is 2. The van der Waals surface area contributed by atoms with E-state index in [0.717, 1.165) is 38.9 Å². The summed E-state index contributed by atoms with van der Waals surface area (Å²) in [7, 11) is 2.07. The number of nitrogens with zero attached hydrogens (tertiary/aromatic N) is 4. The molecule has 2 fully saturated rings. The predicted octanol–water partition coefficient (Wildman–Crippen LogP) is 1.27. The normalized spacial score (nSPS) is 25.1. The van der Waals surface area contributed by atoms with Gasteiger partial charge in [-0.3, -0.25) is 4.79 Å². The predicted molar refractivity (Wildman–Crippen MR) is 84.8 cm³/mol. The molecule has 23 heavy (non-hydrogen) atoms. The van der Waals surface area contributed by atoms with Gasteiger partial charge in [-0.15, -0.1) is 0 Å². The van der Waals surface area contributed by atoms with Crippen LogP contribution in [0.5, 0.6) is 5.88 Å². The third-order valence-electron chi connectivity index (χ3n) is 4.58. The summed E-state index contributed by atoms with van der Waals surface area (Å²) in [5.41, 5.74) is 0.533. The van der Waals surface area contributed by atoms with Crippen molar-refractivity contribution in [3.05, 3.63) is 23.9 Å². The molecule has 0 bridgehead atoms. The van der Waals surface area contributed by atoms with Crippen molar-refractivity contribution in [3.8, 4) is 11.9 Å². The van der Waals surface area contributed by atoms with Gasteiger partial charge in [-0.05, 0) is 32.5 Å². The highest BCUT2D eigenvalue weighted by Gasteiger charge is 2.33. The Balaban J connectivity index is 1.55. The fourth-order valence-electron chi connectivity index (χ4n) is 3.36. The van der Waals surface area contributed by atoms with E-state index in [4.69, 9.17) is 10.00 Å². The number of carbonyl (C=O) groups is 1. The van der Waals surface area contributed by atoms with Crippen LogP contribution in [0.1, 0.15) is 24.8 Å². The van der Waals surface area contributed by atoms with Gasteiger partial charge in [-0.1, -0.05) is 0 Å². The molecule has 2 atom stereocenters. The second-order valence-corrected chi connectivity index (χ2v) is 6.41. The van der Waals surface area contributed by atoms with Gasteiger partial charge in [0.25, 0.3) is 0 Å². The molecule has 2 unspecified atom stereocenters. The molecule has 6 heteroatoms. The fourth-order valence-corrected chi connectivity index (χ4v) is 3.36. The van der Waals surface area contributed by atoms with Crippen molar-refractivity contribution in [2.75, 3.05) is 33.2 Å². The minimum absolute atomic E-state index is 0.0401. The third-order valence-corrected chi connectivity index (χ3v) is 4.58. The van der Waals surface area contributed by atoms with Gasteiger partial charge in [0.15, 0.2) is 0 Å². The lowest BCUT2D eigenvalue weighted by Crippen LogP contribution is -2.43. The van der Waals surface area contributed by atoms with Gasteiger partial charge in [0.1, 0.15) is 6.10 Å². The SMILES string of the molecule is CN1CCCC(C(=O)N2CCC(Oc3cc(C#N)ccn3)C2)C1. The molecular weight excluding hydrogens is 292 g/mol. The van der Waals surface area contributed by atoms with Crippen molar-refractivity contribution in [1.82, 2.24) is 14.8 Å². The Bertz CT molecular complexity index is 613. The first-order valence-corrected chi connectivity index (χ1v) is 8.16. The summed E-state index contributed by atoms with van der Waals surface area (Å²) >= 11 is 0. The number of piperidine rings is 1. The number of amides is 1. The number of nitriles is 1. The molecule has 0 saturated carbocycles. The van der Waals surface area contributed by atoms with Crippen LogP contribution in [0, 0.1) is 17.2 Å². The molecule has 2 aliphatic heterocycles. The van der Waals surface area contributed by atoms with Gasteiger partial charge in [-0.2, -0.15) is 5.26 Å². The molecule has 2 saturated heterocycles. The van der Waals surface area contributed by atoms with Gasteiger partial charge >= 0.3 is 0 Å². The van der Waals surface area contributed by atoms with Crippen molar-refractivity contribution >= 4 is 5.91 Å². The van der Waals surface area contributed by atoms with Crippen LogP contribution in [0.3, 0.4) is 0 Å². The number of hydrogen-bond acceptors (Lipinski definition) is 5. The van der Waals surface area contributed by atoms with Crippen molar-refractivity contribution in [2.45, 2.75) is 25.4 Å². The summed E-state index contributed by atoms with van der Waals surface area (Å²) in [5.74, 6) is 0.828. The maximum absolute atomic E-state index is 12.6. The van der Waals surface area contributed by atoms with E-state index in [1.807, 2.05) is 4.90 Å². The maximum atomic E-state index is 12.6. The van der Waals surface area contributed by atoms with Crippen LogP contribution < -0.4 is 4.74 Å². The van der Waals surface area contributed by atoms with Crippen LogP contribution in [-0.4, -0.2) is 60.0 Å². The van der Waals surface area contributed by atoms with E-state index in [1.54, 1.807) is 18.3 Å². The first-order valence-electron chi connectivity index (χ1n) is 8.16.